The average Bonchev–Trinajstić information content (AvgIpc) is 2.92. The van der Waals surface area contributed by atoms with E-state index in [1.54, 1.807) is 0 Å². The largest absolute Gasteiger partial charge is 0.443 e. The third kappa shape index (κ3) is 3.07. The van der Waals surface area contributed by atoms with E-state index in [0.29, 0.717) is 0 Å². The molecule has 1 aliphatic rings. The molecule has 1 atom stereocenters. The van der Waals surface area contributed by atoms with Gasteiger partial charge in [-0.2, -0.15) is 0 Å². The van der Waals surface area contributed by atoms with Crippen LogP contribution in [0, 0.1) is 0 Å². The van der Waals surface area contributed by atoms with Crippen LogP contribution in [0.1, 0.15) is 45.8 Å². The van der Waals surface area contributed by atoms with Crippen molar-refractivity contribution in [3.8, 4) is 0 Å². The Morgan fingerprint density at radius 3 is 2.15 bits per heavy atom. The van der Waals surface area contributed by atoms with E-state index >= 15 is 0 Å². The van der Waals surface area contributed by atoms with Crippen molar-refractivity contribution < 1.29 is 9.53 Å². The van der Waals surface area contributed by atoms with Crippen LogP contribution in [0.5, 0.6) is 0 Å². The molecule has 138 valence electrons. The lowest BCUT2D eigenvalue weighted by Crippen LogP contribution is -2.52. The van der Waals surface area contributed by atoms with E-state index in [1.165, 1.54) is 10.8 Å². The molecule has 2 aromatic rings. The quantitative estimate of drug-likeness (QED) is 0.678. The van der Waals surface area contributed by atoms with Gasteiger partial charge in [0.05, 0.1) is 5.67 Å². The van der Waals surface area contributed by atoms with E-state index in [9.17, 15) is 4.79 Å². The second-order valence-corrected chi connectivity index (χ2v) is 12.9. The van der Waals surface area contributed by atoms with Gasteiger partial charge in [-0.05, 0) is 37.6 Å². The van der Waals surface area contributed by atoms with Crippen LogP contribution in [0.4, 0.5) is 10.5 Å². The molecule has 1 amide bonds. The molecule has 26 heavy (non-hydrogen) atoms. The maximum Gasteiger partial charge on any atom is 0.415 e. The molecule has 1 heterocycles. The Morgan fingerprint density at radius 1 is 1.00 bits per heavy atom. The van der Waals surface area contributed by atoms with Gasteiger partial charge < -0.3 is 4.74 Å². The minimum absolute atomic E-state index is 0.0750. The Balaban J connectivity index is 2.20. The molecule has 0 saturated carbocycles. The Hall–Kier alpha value is -2.07. The highest BCUT2D eigenvalue weighted by Crippen LogP contribution is 2.45. The van der Waals surface area contributed by atoms with Gasteiger partial charge in [0.1, 0.15) is 13.7 Å². The molecule has 1 unspecified atom stereocenters. The van der Waals surface area contributed by atoms with Gasteiger partial charge in [0, 0.05) is 5.69 Å². The van der Waals surface area contributed by atoms with E-state index in [-0.39, 0.29) is 11.8 Å². The summed E-state index contributed by atoms with van der Waals surface area (Å²) in [6.07, 6.45) is -0.241. The van der Waals surface area contributed by atoms with Crippen molar-refractivity contribution in [2.75, 3.05) is 4.90 Å². The highest BCUT2D eigenvalue weighted by Gasteiger charge is 2.53. The van der Waals surface area contributed by atoms with Crippen molar-refractivity contribution in [1.29, 1.82) is 0 Å². The third-order valence-corrected chi connectivity index (χ3v) is 11.1. The van der Waals surface area contributed by atoms with E-state index in [0.717, 1.165) is 17.8 Å². The molecule has 0 fully saturated rings. The molecule has 0 spiro atoms. The lowest BCUT2D eigenvalue weighted by atomic mass is 10.2. The summed E-state index contributed by atoms with van der Waals surface area (Å²) in [4.78, 5) is 15.2. The van der Waals surface area contributed by atoms with Gasteiger partial charge in [0.2, 0.25) is 0 Å². The van der Waals surface area contributed by atoms with Crippen molar-refractivity contribution in [2.45, 2.75) is 58.0 Å². The first-order chi connectivity index (χ1) is 12.3. The standard InChI is InChI=1S/C22H29NO2Si/c1-6-26(7-2)19-16-12-11-15-18(19)23(21(24)25-22(3,4)5)20(26)17-13-9-8-10-14-17/h8-16,20H,6-7H2,1-5H3. The van der Waals surface area contributed by atoms with Gasteiger partial charge in [-0.25, -0.2) is 4.79 Å². The summed E-state index contributed by atoms with van der Waals surface area (Å²) >= 11 is 0. The monoisotopic (exact) mass is 367 g/mol. The third-order valence-electron chi connectivity index (χ3n) is 5.45. The highest BCUT2D eigenvalue weighted by molar-refractivity contribution is 6.95. The Morgan fingerprint density at radius 2 is 1.58 bits per heavy atom. The summed E-state index contributed by atoms with van der Waals surface area (Å²) in [5.41, 5.74) is 1.81. The normalized spacial score (nSPS) is 18.5. The number of nitrogens with zero attached hydrogens (tertiary/aromatic N) is 1. The van der Waals surface area contributed by atoms with E-state index in [1.807, 2.05) is 37.8 Å². The number of benzene rings is 2. The molecule has 0 N–H and O–H groups in total. The molecule has 0 saturated heterocycles. The Kier molecular flexibility index (Phi) is 4.98. The second kappa shape index (κ2) is 6.91. The number of carbonyl (C=O) groups is 1. The summed E-state index contributed by atoms with van der Waals surface area (Å²) in [6, 6.07) is 21.1. The van der Waals surface area contributed by atoms with Crippen molar-refractivity contribution >= 4 is 25.0 Å². The molecule has 0 aliphatic carbocycles. The zero-order valence-corrected chi connectivity index (χ0v) is 17.5. The Bertz CT molecular complexity index is 778. The minimum atomic E-state index is -1.95. The summed E-state index contributed by atoms with van der Waals surface area (Å²) in [5.74, 6) is 0. The number of fused-ring (bicyclic) bond motifs is 1. The van der Waals surface area contributed by atoms with E-state index < -0.39 is 13.7 Å². The van der Waals surface area contributed by atoms with Crippen LogP contribution >= 0.6 is 0 Å². The van der Waals surface area contributed by atoms with Gasteiger partial charge in [-0.15, -0.1) is 0 Å². The predicted octanol–water partition coefficient (Wildman–Crippen LogP) is 5.42. The molecule has 1 aliphatic heterocycles. The van der Waals surface area contributed by atoms with Crippen molar-refractivity contribution in [1.82, 2.24) is 0 Å². The Labute approximate surface area is 158 Å². The second-order valence-electron chi connectivity index (χ2n) is 8.04. The summed E-state index contributed by atoms with van der Waals surface area (Å²) in [6.45, 7) is 10.3. The summed E-state index contributed by atoms with van der Waals surface area (Å²) in [5, 5.41) is 1.38. The lowest BCUT2D eigenvalue weighted by Gasteiger charge is -2.37. The number of amides is 1. The van der Waals surface area contributed by atoms with Crippen LogP contribution in [0.3, 0.4) is 0 Å². The van der Waals surface area contributed by atoms with Crippen LogP contribution < -0.4 is 10.1 Å². The number of ether oxygens (including phenoxy) is 1. The smallest absolute Gasteiger partial charge is 0.415 e. The molecule has 2 aromatic carbocycles. The van der Waals surface area contributed by atoms with E-state index in [2.05, 4.69) is 56.3 Å². The molecular formula is C22H29NO2Si. The fourth-order valence-electron chi connectivity index (χ4n) is 4.27. The molecule has 0 bridgehead atoms. The number of anilines is 1. The highest BCUT2D eigenvalue weighted by atomic mass is 28.3. The fraction of sp³-hybridized carbons (Fsp3) is 0.409. The number of hydrogen-bond donors (Lipinski definition) is 0. The predicted molar refractivity (Wildman–Crippen MR) is 111 cm³/mol. The van der Waals surface area contributed by atoms with Crippen LogP contribution in [-0.2, 0) is 4.74 Å². The van der Waals surface area contributed by atoms with Gasteiger partial charge in [0.25, 0.3) is 0 Å². The van der Waals surface area contributed by atoms with E-state index in [4.69, 9.17) is 4.74 Å². The van der Waals surface area contributed by atoms with Crippen molar-refractivity contribution in [3.63, 3.8) is 0 Å². The van der Waals surface area contributed by atoms with Crippen LogP contribution in [0.2, 0.25) is 12.1 Å². The van der Waals surface area contributed by atoms with Crippen molar-refractivity contribution in [2.24, 2.45) is 0 Å². The van der Waals surface area contributed by atoms with Crippen LogP contribution in [0.15, 0.2) is 54.6 Å². The number of carbonyl (C=O) groups excluding carboxylic acids is 1. The van der Waals surface area contributed by atoms with Gasteiger partial charge in [-0.1, -0.05) is 74.5 Å². The van der Waals surface area contributed by atoms with Gasteiger partial charge >= 0.3 is 6.09 Å². The van der Waals surface area contributed by atoms with Crippen LogP contribution in [0.25, 0.3) is 0 Å². The van der Waals surface area contributed by atoms with Gasteiger partial charge in [0.15, 0.2) is 0 Å². The maximum absolute atomic E-state index is 13.3. The lowest BCUT2D eigenvalue weighted by molar-refractivity contribution is 0.0575. The summed E-state index contributed by atoms with van der Waals surface area (Å²) < 4.78 is 5.82. The van der Waals surface area contributed by atoms with Crippen molar-refractivity contribution in [3.05, 3.63) is 60.2 Å². The molecule has 0 radical (unpaired) electrons. The number of hydrogen-bond acceptors (Lipinski definition) is 2. The topological polar surface area (TPSA) is 29.5 Å². The first-order valence-corrected chi connectivity index (χ1v) is 12.0. The number of para-hydroxylation sites is 1. The zero-order valence-electron chi connectivity index (χ0n) is 16.5. The van der Waals surface area contributed by atoms with Gasteiger partial charge in [-0.3, -0.25) is 4.90 Å². The molecule has 3 nitrogen and oxygen atoms in total. The minimum Gasteiger partial charge on any atom is -0.443 e. The summed E-state index contributed by atoms with van der Waals surface area (Å²) in [7, 11) is -1.95. The first-order valence-electron chi connectivity index (χ1n) is 9.50. The van der Waals surface area contributed by atoms with Crippen LogP contribution in [-0.4, -0.2) is 19.8 Å². The molecule has 4 heteroatoms. The fourth-order valence-corrected chi connectivity index (χ4v) is 9.32. The first kappa shape index (κ1) is 18.7. The zero-order chi connectivity index (χ0) is 18.9. The number of rotatable bonds is 3. The average molecular weight is 368 g/mol. The maximum atomic E-state index is 13.3. The SMILES string of the molecule is CC[Si]1(CC)c2ccccc2N(C(=O)OC(C)(C)C)C1c1ccccc1. The molecule has 0 aromatic heterocycles. The molecular weight excluding hydrogens is 338 g/mol. The molecule has 3 rings (SSSR count).